The Morgan fingerprint density at radius 1 is 0.909 bits per heavy atom. The molecule has 5 nitrogen and oxygen atoms in total. The van der Waals surface area contributed by atoms with E-state index in [1.54, 1.807) is 0 Å². The minimum Gasteiger partial charge on any atom is -0.347 e. The van der Waals surface area contributed by atoms with Crippen LogP contribution < -0.4 is 10.7 Å². The van der Waals surface area contributed by atoms with Gasteiger partial charge in [0.2, 0.25) is 0 Å². The first kappa shape index (κ1) is 15.4. The van der Waals surface area contributed by atoms with Gasteiger partial charge in [-0.25, -0.2) is 5.43 Å². The summed E-state index contributed by atoms with van der Waals surface area (Å²) in [7, 11) is 0. The van der Waals surface area contributed by atoms with Crippen LogP contribution in [0.5, 0.6) is 0 Å². The standard InChI is InChI=1S/C17H17N3O2/c21-16(18-12-11-14-7-3-1-4-8-14)17(22)20-19-13-15-9-5-2-6-10-15/h1-10,13H,11-12H2,(H,18,21)(H,20,22)/b19-13-. The van der Waals surface area contributed by atoms with E-state index in [0.717, 1.165) is 11.1 Å². The lowest BCUT2D eigenvalue weighted by molar-refractivity contribution is -0.139. The molecule has 2 N–H and O–H groups in total. The average molecular weight is 295 g/mol. The van der Waals surface area contributed by atoms with Crippen molar-refractivity contribution in [1.82, 2.24) is 10.7 Å². The van der Waals surface area contributed by atoms with Gasteiger partial charge in [-0.1, -0.05) is 60.7 Å². The molecule has 22 heavy (non-hydrogen) atoms. The van der Waals surface area contributed by atoms with E-state index in [4.69, 9.17) is 0 Å². The number of carbonyl (C=O) groups is 2. The summed E-state index contributed by atoms with van der Waals surface area (Å²) in [6.45, 7) is 0.401. The molecule has 0 atom stereocenters. The van der Waals surface area contributed by atoms with E-state index >= 15 is 0 Å². The van der Waals surface area contributed by atoms with Crippen molar-refractivity contribution in [2.45, 2.75) is 6.42 Å². The molecule has 0 aromatic heterocycles. The predicted octanol–water partition coefficient (Wildman–Crippen LogP) is 1.50. The second-order valence-corrected chi connectivity index (χ2v) is 4.60. The molecule has 0 aliphatic rings. The summed E-state index contributed by atoms with van der Waals surface area (Å²) in [6.07, 6.45) is 2.16. The number of amides is 2. The first-order valence-corrected chi connectivity index (χ1v) is 6.96. The van der Waals surface area contributed by atoms with Crippen LogP contribution in [-0.4, -0.2) is 24.6 Å². The number of nitrogens with one attached hydrogen (secondary N) is 2. The highest BCUT2D eigenvalue weighted by molar-refractivity contribution is 6.35. The van der Waals surface area contributed by atoms with Crippen LogP contribution in [0, 0.1) is 0 Å². The zero-order valence-electron chi connectivity index (χ0n) is 12.0. The topological polar surface area (TPSA) is 70.6 Å². The van der Waals surface area contributed by atoms with E-state index in [9.17, 15) is 9.59 Å². The largest absolute Gasteiger partial charge is 0.347 e. The zero-order valence-corrected chi connectivity index (χ0v) is 12.0. The van der Waals surface area contributed by atoms with Crippen molar-refractivity contribution in [2.24, 2.45) is 5.10 Å². The van der Waals surface area contributed by atoms with Crippen molar-refractivity contribution in [3.63, 3.8) is 0 Å². The molecule has 0 spiro atoms. The van der Waals surface area contributed by atoms with Gasteiger partial charge in [-0.05, 0) is 17.5 Å². The van der Waals surface area contributed by atoms with E-state index < -0.39 is 11.8 Å². The third-order valence-electron chi connectivity index (χ3n) is 2.93. The van der Waals surface area contributed by atoms with Gasteiger partial charge in [0.1, 0.15) is 0 Å². The van der Waals surface area contributed by atoms with E-state index in [1.165, 1.54) is 6.21 Å². The molecule has 5 heteroatoms. The number of hydrazone groups is 1. The van der Waals surface area contributed by atoms with Crippen molar-refractivity contribution in [3.8, 4) is 0 Å². The Morgan fingerprint density at radius 2 is 1.55 bits per heavy atom. The molecule has 112 valence electrons. The maximum atomic E-state index is 11.6. The summed E-state index contributed by atoms with van der Waals surface area (Å²) >= 11 is 0. The quantitative estimate of drug-likeness (QED) is 0.498. The van der Waals surface area contributed by atoms with Crippen molar-refractivity contribution in [1.29, 1.82) is 0 Å². The minimum absolute atomic E-state index is 0.401. The fourth-order valence-corrected chi connectivity index (χ4v) is 1.80. The second-order valence-electron chi connectivity index (χ2n) is 4.60. The van der Waals surface area contributed by atoms with Crippen LogP contribution in [0.2, 0.25) is 0 Å². The van der Waals surface area contributed by atoms with Gasteiger partial charge in [0.15, 0.2) is 0 Å². The van der Waals surface area contributed by atoms with Crippen LogP contribution in [-0.2, 0) is 16.0 Å². The average Bonchev–Trinajstić information content (AvgIpc) is 2.56. The molecule has 0 saturated heterocycles. The molecule has 0 aliphatic heterocycles. The number of nitrogens with zero attached hydrogens (tertiary/aromatic N) is 1. The van der Waals surface area contributed by atoms with Gasteiger partial charge in [0.05, 0.1) is 6.21 Å². The van der Waals surface area contributed by atoms with Crippen LogP contribution in [0.25, 0.3) is 0 Å². The lowest BCUT2D eigenvalue weighted by atomic mass is 10.1. The normalized spacial score (nSPS) is 10.4. The van der Waals surface area contributed by atoms with Crippen LogP contribution in [0.4, 0.5) is 0 Å². The highest BCUT2D eigenvalue weighted by Crippen LogP contribution is 1.98. The summed E-state index contributed by atoms with van der Waals surface area (Å²) in [5.74, 6) is -1.47. The van der Waals surface area contributed by atoms with E-state index in [2.05, 4.69) is 15.8 Å². The van der Waals surface area contributed by atoms with Gasteiger partial charge >= 0.3 is 11.8 Å². The summed E-state index contributed by atoms with van der Waals surface area (Å²) in [6, 6.07) is 19.0. The SMILES string of the molecule is O=C(NCCc1ccccc1)C(=O)N/N=C\c1ccccc1. The first-order chi connectivity index (χ1) is 10.8. The molecule has 0 unspecified atom stereocenters. The minimum atomic E-state index is -0.778. The van der Waals surface area contributed by atoms with Crippen LogP contribution in [0.1, 0.15) is 11.1 Å². The maximum Gasteiger partial charge on any atom is 0.329 e. The number of benzene rings is 2. The molecule has 0 radical (unpaired) electrons. The van der Waals surface area contributed by atoms with E-state index in [1.807, 2.05) is 60.7 Å². The van der Waals surface area contributed by atoms with Gasteiger partial charge in [0.25, 0.3) is 0 Å². The molecule has 2 aromatic rings. The van der Waals surface area contributed by atoms with Gasteiger partial charge < -0.3 is 5.32 Å². The molecule has 0 fully saturated rings. The monoisotopic (exact) mass is 295 g/mol. The third kappa shape index (κ3) is 5.20. The molecule has 2 rings (SSSR count). The molecule has 0 bridgehead atoms. The van der Waals surface area contributed by atoms with Gasteiger partial charge in [-0.3, -0.25) is 9.59 Å². The Bertz CT molecular complexity index is 639. The lowest BCUT2D eigenvalue weighted by Gasteiger charge is -2.04. The predicted molar refractivity (Wildman–Crippen MR) is 85.3 cm³/mol. The Labute approximate surface area is 129 Å². The number of hydrogen-bond acceptors (Lipinski definition) is 3. The highest BCUT2D eigenvalue weighted by atomic mass is 16.2. The van der Waals surface area contributed by atoms with Crippen molar-refractivity contribution >= 4 is 18.0 Å². The molecule has 0 heterocycles. The van der Waals surface area contributed by atoms with Crippen molar-refractivity contribution in [2.75, 3.05) is 6.54 Å². The van der Waals surface area contributed by atoms with E-state index in [-0.39, 0.29) is 0 Å². The summed E-state index contributed by atoms with van der Waals surface area (Å²) in [5.41, 5.74) is 4.14. The number of carbonyl (C=O) groups excluding carboxylic acids is 2. The van der Waals surface area contributed by atoms with Crippen LogP contribution in [0.3, 0.4) is 0 Å². The van der Waals surface area contributed by atoms with Gasteiger partial charge in [-0.15, -0.1) is 0 Å². The van der Waals surface area contributed by atoms with E-state index in [0.29, 0.717) is 13.0 Å². The Kier molecular flexibility index (Phi) is 5.87. The molecule has 0 saturated carbocycles. The summed E-state index contributed by atoms with van der Waals surface area (Å²) in [5, 5.41) is 6.30. The molecule has 2 aromatic carbocycles. The van der Waals surface area contributed by atoms with Gasteiger partial charge in [0, 0.05) is 6.54 Å². The lowest BCUT2D eigenvalue weighted by Crippen LogP contribution is -2.38. The highest BCUT2D eigenvalue weighted by Gasteiger charge is 2.11. The number of rotatable bonds is 5. The third-order valence-corrected chi connectivity index (χ3v) is 2.93. The fourth-order valence-electron chi connectivity index (χ4n) is 1.80. The maximum absolute atomic E-state index is 11.6. The Hall–Kier alpha value is -2.95. The first-order valence-electron chi connectivity index (χ1n) is 6.96. The van der Waals surface area contributed by atoms with Crippen molar-refractivity contribution in [3.05, 3.63) is 71.8 Å². The molecule has 2 amide bonds. The summed E-state index contributed by atoms with van der Waals surface area (Å²) in [4.78, 5) is 23.1. The second kappa shape index (κ2) is 8.36. The summed E-state index contributed by atoms with van der Waals surface area (Å²) < 4.78 is 0. The molecular weight excluding hydrogens is 278 g/mol. The molecule has 0 aliphatic carbocycles. The Morgan fingerprint density at radius 3 is 2.23 bits per heavy atom. The van der Waals surface area contributed by atoms with Gasteiger partial charge in [-0.2, -0.15) is 5.10 Å². The smallest absolute Gasteiger partial charge is 0.329 e. The van der Waals surface area contributed by atoms with Crippen LogP contribution >= 0.6 is 0 Å². The Balaban J connectivity index is 1.71. The van der Waals surface area contributed by atoms with Crippen LogP contribution in [0.15, 0.2) is 65.8 Å². The van der Waals surface area contributed by atoms with Crippen molar-refractivity contribution < 1.29 is 9.59 Å². The molecular formula is C17H17N3O2. The number of hydrogen-bond donors (Lipinski definition) is 2. The fraction of sp³-hybridized carbons (Fsp3) is 0.118. The zero-order chi connectivity index (χ0) is 15.6.